The molecule has 0 amide bonds. The minimum atomic E-state index is -0.353. The van der Waals surface area contributed by atoms with Crippen LogP contribution < -0.4 is 0 Å². The van der Waals surface area contributed by atoms with E-state index in [2.05, 4.69) is 4.98 Å². The van der Waals surface area contributed by atoms with Crippen LogP contribution >= 0.6 is 11.8 Å². The van der Waals surface area contributed by atoms with Crippen LogP contribution in [0.4, 0.5) is 0 Å². The predicted octanol–water partition coefficient (Wildman–Crippen LogP) is 4.21. The summed E-state index contributed by atoms with van der Waals surface area (Å²) >= 11 is 1.41. The van der Waals surface area contributed by atoms with Crippen molar-refractivity contribution in [1.82, 2.24) is 9.55 Å². The molecule has 0 aliphatic heterocycles. The number of rotatable bonds is 7. The molecule has 3 aromatic rings. The van der Waals surface area contributed by atoms with Gasteiger partial charge in [-0.1, -0.05) is 42.1 Å². The largest absolute Gasteiger partial charge is 0.462 e. The van der Waals surface area contributed by atoms with E-state index in [4.69, 9.17) is 4.74 Å². The molecular formula is C20H20N2O3S. The molecule has 26 heavy (non-hydrogen) atoms. The number of aryl methyl sites for hydroxylation is 1. The van der Waals surface area contributed by atoms with Crippen LogP contribution in [0.25, 0.3) is 11.0 Å². The summed E-state index contributed by atoms with van der Waals surface area (Å²) in [5.74, 6) is 0.0318. The Hall–Kier alpha value is -2.60. The lowest BCUT2D eigenvalue weighted by atomic mass is 10.2. The van der Waals surface area contributed by atoms with Crippen molar-refractivity contribution in [3.05, 3.63) is 59.7 Å². The second-order valence-electron chi connectivity index (χ2n) is 5.64. The number of Topliss-reactive ketones (excluding diaryl/α,β-unsaturated/α-hetero) is 1. The molecular weight excluding hydrogens is 348 g/mol. The Kier molecular flexibility index (Phi) is 5.73. The third kappa shape index (κ3) is 3.80. The van der Waals surface area contributed by atoms with Crippen molar-refractivity contribution in [1.29, 1.82) is 0 Å². The molecule has 0 aliphatic carbocycles. The number of ether oxygens (including phenoxy) is 1. The van der Waals surface area contributed by atoms with E-state index in [9.17, 15) is 9.59 Å². The monoisotopic (exact) mass is 368 g/mol. The molecule has 0 spiro atoms. The van der Waals surface area contributed by atoms with Gasteiger partial charge in [0, 0.05) is 12.1 Å². The summed E-state index contributed by atoms with van der Waals surface area (Å²) in [5, 5.41) is 0.771. The number of ketones is 1. The van der Waals surface area contributed by atoms with Gasteiger partial charge in [-0.05, 0) is 32.0 Å². The van der Waals surface area contributed by atoms with Crippen LogP contribution in [0.5, 0.6) is 0 Å². The van der Waals surface area contributed by atoms with E-state index in [1.165, 1.54) is 11.8 Å². The minimum Gasteiger partial charge on any atom is -0.462 e. The van der Waals surface area contributed by atoms with Gasteiger partial charge in [-0.2, -0.15) is 0 Å². The van der Waals surface area contributed by atoms with Gasteiger partial charge in [0.15, 0.2) is 10.9 Å². The molecule has 6 heteroatoms. The topological polar surface area (TPSA) is 61.2 Å². The smallest absolute Gasteiger partial charge is 0.338 e. The van der Waals surface area contributed by atoms with Gasteiger partial charge in [0.1, 0.15) is 0 Å². The Morgan fingerprint density at radius 3 is 2.54 bits per heavy atom. The number of benzene rings is 2. The quantitative estimate of drug-likeness (QED) is 0.355. The molecule has 5 nitrogen and oxygen atoms in total. The van der Waals surface area contributed by atoms with Crippen molar-refractivity contribution < 1.29 is 14.3 Å². The fourth-order valence-electron chi connectivity index (χ4n) is 2.70. The summed E-state index contributed by atoms with van der Waals surface area (Å²) in [6, 6.07) is 14.6. The molecule has 0 aliphatic rings. The highest BCUT2D eigenvalue weighted by molar-refractivity contribution is 7.99. The van der Waals surface area contributed by atoms with Crippen LogP contribution in [0.2, 0.25) is 0 Å². The number of nitrogens with zero attached hydrogens (tertiary/aromatic N) is 2. The van der Waals surface area contributed by atoms with E-state index in [0.717, 1.165) is 22.7 Å². The van der Waals surface area contributed by atoms with Crippen LogP contribution in [0.3, 0.4) is 0 Å². The predicted molar refractivity (Wildman–Crippen MR) is 103 cm³/mol. The molecule has 134 valence electrons. The standard InChI is InChI=1S/C20H20N2O3S/c1-3-22-17-11-10-15(19(24)25-4-2)12-16(17)21-20(22)26-13-18(23)14-8-6-5-7-9-14/h5-12H,3-4,13H2,1-2H3. The number of hydrogen-bond donors (Lipinski definition) is 0. The molecule has 2 aromatic carbocycles. The maximum atomic E-state index is 12.3. The second-order valence-corrected chi connectivity index (χ2v) is 6.58. The van der Waals surface area contributed by atoms with Gasteiger partial charge < -0.3 is 9.30 Å². The first-order valence-corrected chi connectivity index (χ1v) is 9.51. The lowest BCUT2D eigenvalue weighted by Gasteiger charge is -2.06. The van der Waals surface area contributed by atoms with E-state index >= 15 is 0 Å². The third-order valence-electron chi connectivity index (χ3n) is 3.97. The zero-order chi connectivity index (χ0) is 18.5. The normalized spacial score (nSPS) is 10.8. The van der Waals surface area contributed by atoms with E-state index in [1.54, 1.807) is 19.1 Å². The molecule has 1 aromatic heterocycles. The third-order valence-corrected chi connectivity index (χ3v) is 4.95. The zero-order valence-electron chi connectivity index (χ0n) is 14.8. The van der Waals surface area contributed by atoms with Crippen LogP contribution in [0.1, 0.15) is 34.6 Å². The highest BCUT2D eigenvalue weighted by Crippen LogP contribution is 2.26. The van der Waals surface area contributed by atoms with Crippen molar-refractivity contribution in [2.45, 2.75) is 25.5 Å². The Morgan fingerprint density at radius 1 is 1.08 bits per heavy atom. The van der Waals surface area contributed by atoms with Gasteiger partial charge in [-0.3, -0.25) is 4.79 Å². The van der Waals surface area contributed by atoms with Gasteiger partial charge in [0.2, 0.25) is 0 Å². The van der Waals surface area contributed by atoms with Crippen LogP contribution in [-0.4, -0.2) is 33.7 Å². The van der Waals surface area contributed by atoms with Crippen LogP contribution in [0.15, 0.2) is 53.7 Å². The van der Waals surface area contributed by atoms with Crippen LogP contribution in [0, 0.1) is 0 Å². The number of carbonyl (C=O) groups excluding carboxylic acids is 2. The number of aromatic nitrogens is 2. The number of imidazole rings is 1. The van der Waals surface area contributed by atoms with Crippen molar-refractivity contribution in [2.75, 3.05) is 12.4 Å². The maximum absolute atomic E-state index is 12.3. The summed E-state index contributed by atoms with van der Waals surface area (Å²) in [6.45, 7) is 4.88. The Labute approximate surface area is 156 Å². The number of carbonyl (C=O) groups is 2. The minimum absolute atomic E-state index is 0.0671. The first-order chi connectivity index (χ1) is 12.6. The Morgan fingerprint density at radius 2 is 1.85 bits per heavy atom. The summed E-state index contributed by atoms with van der Waals surface area (Å²) in [6.07, 6.45) is 0. The molecule has 0 radical (unpaired) electrons. The van der Waals surface area contributed by atoms with E-state index in [-0.39, 0.29) is 11.8 Å². The summed E-state index contributed by atoms with van der Waals surface area (Å²) in [4.78, 5) is 28.9. The summed E-state index contributed by atoms with van der Waals surface area (Å²) < 4.78 is 7.09. The van der Waals surface area contributed by atoms with Gasteiger partial charge in [0.25, 0.3) is 0 Å². The number of hydrogen-bond acceptors (Lipinski definition) is 5. The fraction of sp³-hybridized carbons (Fsp3) is 0.250. The molecule has 0 unspecified atom stereocenters. The molecule has 0 N–H and O–H groups in total. The lowest BCUT2D eigenvalue weighted by Crippen LogP contribution is -2.04. The lowest BCUT2D eigenvalue weighted by molar-refractivity contribution is 0.0526. The number of thioether (sulfide) groups is 1. The maximum Gasteiger partial charge on any atom is 0.338 e. The number of esters is 1. The highest BCUT2D eigenvalue weighted by atomic mass is 32.2. The van der Waals surface area contributed by atoms with Gasteiger partial charge in [-0.15, -0.1) is 0 Å². The van der Waals surface area contributed by atoms with E-state index in [1.807, 2.05) is 47.9 Å². The van der Waals surface area contributed by atoms with Gasteiger partial charge in [-0.25, -0.2) is 9.78 Å². The first kappa shape index (κ1) is 18.2. The van der Waals surface area contributed by atoms with Crippen molar-refractivity contribution in [3.63, 3.8) is 0 Å². The van der Waals surface area contributed by atoms with Gasteiger partial charge >= 0.3 is 5.97 Å². The average molecular weight is 368 g/mol. The Bertz CT molecular complexity index is 935. The molecule has 1 heterocycles. The molecule has 0 atom stereocenters. The van der Waals surface area contributed by atoms with Crippen molar-refractivity contribution in [2.24, 2.45) is 0 Å². The molecule has 0 saturated carbocycles. The van der Waals surface area contributed by atoms with E-state index in [0.29, 0.717) is 23.5 Å². The highest BCUT2D eigenvalue weighted by Gasteiger charge is 2.15. The Balaban J connectivity index is 1.83. The summed E-state index contributed by atoms with van der Waals surface area (Å²) in [7, 11) is 0. The second kappa shape index (κ2) is 8.19. The van der Waals surface area contributed by atoms with E-state index < -0.39 is 0 Å². The number of fused-ring (bicyclic) bond motifs is 1. The zero-order valence-corrected chi connectivity index (χ0v) is 15.6. The molecule has 3 rings (SSSR count). The molecule has 0 bridgehead atoms. The van der Waals surface area contributed by atoms with Crippen LogP contribution in [-0.2, 0) is 11.3 Å². The van der Waals surface area contributed by atoms with Gasteiger partial charge in [0.05, 0.1) is 29.0 Å². The fourth-order valence-corrected chi connectivity index (χ4v) is 3.68. The SMILES string of the molecule is CCOC(=O)c1ccc2c(c1)nc(SCC(=O)c1ccccc1)n2CC. The molecule has 0 fully saturated rings. The average Bonchev–Trinajstić information content (AvgIpc) is 3.03. The first-order valence-electron chi connectivity index (χ1n) is 8.52. The molecule has 0 saturated heterocycles. The van der Waals surface area contributed by atoms with Crippen molar-refractivity contribution in [3.8, 4) is 0 Å². The van der Waals surface area contributed by atoms with Crippen molar-refractivity contribution >= 4 is 34.5 Å². The summed E-state index contributed by atoms with van der Waals surface area (Å²) in [5.41, 5.74) is 2.85.